The minimum absolute atomic E-state index is 0.271. The molecule has 0 saturated heterocycles. The number of aromatic nitrogens is 2. The summed E-state index contributed by atoms with van der Waals surface area (Å²) >= 11 is 0. The van der Waals surface area contributed by atoms with Crippen LogP contribution in [0, 0.1) is 0 Å². The molecule has 34 heavy (non-hydrogen) atoms. The Labute approximate surface area is 197 Å². The van der Waals surface area contributed by atoms with E-state index in [2.05, 4.69) is 10.4 Å². The van der Waals surface area contributed by atoms with Gasteiger partial charge in [-0.05, 0) is 55.2 Å². The highest BCUT2D eigenvalue weighted by molar-refractivity contribution is 7.92. The van der Waals surface area contributed by atoms with Crippen LogP contribution in [0.5, 0.6) is 0 Å². The summed E-state index contributed by atoms with van der Waals surface area (Å²) in [5, 5.41) is 7.44. The van der Waals surface area contributed by atoms with Crippen LogP contribution in [0.3, 0.4) is 0 Å². The molecule has 0 radical (unpaired) electrons. The molecule has 0 spiro atoms. The van der Waals surface area contributed by atoms with Gasteiger partial charge in [0.1, 0.15) is 5.82 Å². The van der Waals surface area contributed by atoms with E-state index in [1.165, 1.54) is 10.4 Å². The molecule has 9 nitrogen and oxygen atoms in total. The maximum atomic E-state index is 12.6. The van der Waals surface area contributed by atoms with Crippen LogP contribution in [0.2, 0.25) is 0 Å². The lowest BCUT2D eigenvalue weighted by Gasteiger charge is -2.16. The number of sulfonamides is 1. The predicted molar refractivity (Wildman–Crippen MR) is 127 cm³/mol. The van der Waals surface area contributed by atoms with Crippen molar-refractivity contribution in [2.45, 2.75) is 25.2 Å². The summed E-state index contributed by atoms with van der Waals surface area (Å²) in [6.07, 6.45) is 3.83. The number of hydrogen-bond donors (Lipinski definition) is 1. The van der Waals surface area contributed by atoms with Gasteiger partial charge in [0.2, 0.25) is 10.0 Å². The standard InChI is InChI=1S/C24H24N4O5S/c1-34(31,32)27-12-11-17-13-18(9-10-21(17)27)24(30)33-15-23(29)25-22-14-20(16-7-8-16)26-28(22)19-5-3-2-4-6-19/h2-6,9-10,13-14,16H,7-8,11-12,15H2,1H3,(H,25,29). The SMILES string of the molecule is CS(=O)(=O)N1CCc2cc(C(=O)OCC(=O)Nc3cc(C4CC4)nn3-c3ccccc3)ccc21. The van der Waals surface area contributed by atoms with E-state index in [1.807, 2.05) is 36.4 Å². The second-order valence-corrected chi connectivity index (χ2v) is 10.4. The average molecular weight is 481 g/mol. The number of para-hydroxylation sites is 1. The number of benzene rings is 2. The number of nitrogens with zero attached hydrogens (tertiary/aromatic N) is 3. The van der Waals surface area contributed by atoms with Gasteiger partial charge in [-0.25, -0.2) is 17.9 Å². The highest BCUT2D eigenvalue weighted by Gasteiger charge is 2.29. The van der Waals surface area contributed by atoms with E-state index in [-0.39, 0.29) is 5.56 Å². The van der Waals surface area contributed by atoms with Gasteiger partial charge in [-0.3, -0.25) is 9.10 Å². The molecule has 10 heteroatoms. The Hall–Kier alpha value is -3.66. The molecule has 1 fully saturated rings. The molecular weight excluding hydrogens is 456 g/mol. The van der Waals surface area contributed by atoms with Crippen molar-refractivity contribution in [3.63, 3.8) is 0 Å². The van der Waals surface area contributed by atoms with Gasteiger partial charge in [0.15, 0.2) is 6.61 Å². The van der Waals surface area contributed by atoms with Crippen LogP contribution in [-0.2, 0) is 26.0 Å². The van der Waals surface area contributed by atoms with Crippen LogP contribution in [0.25, 0.3) is 5.69 Å². The number of hydrogen-bond acceptors (Lipinski definition) is 6. The normalized spacial score (nSPS) is 15.1. The van der Waals surface area contributed by atoms with Crippen LogP contribution in [0.15, 0.2) is 54.6 Å². The average Bonchev–Trinajstić information content (AvgIpc) is 3.43. The summed E-state index contributed by atoms with van der Waals surface area (Å²) in [6.45, 7) is -0.114. The van der Waals surface area contributed by atoms with E-state index in [4.69, 9.17) is 4.74 Å². The third-order valence-corrected chi connectivity index (χ3v) is 7.07. The fourth-order valence-electron chi connectivity index (χ4n) is 4.07. The Morgan fingerprint density at radius 1 is 1.12 bits per heavy atom. The van der Waals surface area contributed by atoms with Crippen molar-refractivity contribution in [2.24, 2.45) is 0 Å². The number of amides is 1. The number of fused-ring (bicyclic) bond motifs is 1. The summed E-state index contributed by atoms with van der Waals surface area (Å²) in [4.78, 5) is 25.1. The molecule has 3 aromatic rings. The van der Waals surface area contributed by atoms with Crippen molar-refractivity contribution in [1.82, 2.24) is 9.78 Å². The molecule has 5 rings (SSSR count). The molecule has 1 amide bonds. The van der Waals surface area contributed by atoms with Gasteiger partial charge in [-0.15, -0.1) is 0 Å². The van der Waals surface area contributed by atoms with Crippen LogP contribution < -0.4 is 9.62 Å². The van der Waals surface area contributed by atoms with E-state index in [9.17, 15) is 18.0 Å². The van der Waals surface area contributed by atoms with E-state index in [1.54, 1.807) is 16.8 Å². The van der Waals surface area contributed by atoms with Crippen molar-refractivity contribution in [1.29, 1.82) is 0 Å². The molecule has 2 heterocycles. The van der Waals surface area contributed by atoms with Crippen molar-refractivity contribution in [2.75, 3.05) is 29.0 Å². The van der Waals surface area contributed by atoms with Gasteiger partial charge in [-0.1, -0.05) is 18.2 Å². The van der Waals surface area contributed by atoms with Gasteiger partial charge >= 0.3 is 5.97 Å². The molecule has 0 atom stereocenters. The number of carbonyl (C=O) groups excluding carboxylic acids is 2. The van der Waals surface area contributed by atoms with E-state index in [0.29, 0.717) is 30.4 Å². The Morgan fingerprint density at radius 3 is 2.59 bits per heavy atom. The highest BCUT2D eigenvalue weighted by Crippen LogP contribution is 2.40. The fourth-order valence-corrected chi connectivity index (χ4v) is 5.03. The third kappa shape index (κ3) is 4.54. The first-order valence-corrected chi connectivity index (χ1v) is 12.9. The lowest BCUT2D eigenvalue weighted by atomic mass is 10.1. The lowest BCUT2D eigenvalue weighted by Crippen LogP contribution is -2.27. The minimum atomic E-state index is -3.37. The van der Waals surface area contributed by atoms with Gasteiger partial charge in [0.25, 0.3) is 5.91 Å². The molecule has 2 aliphatic rings. The molecule has 2 aromatic carbocycles. The Balaban J connectivity index is 1.25. The Morgan fingerprint density at radius 2 is 1.88 bits per heavy atom. The monoisotopic (exact) mass is 480 g/mol. The zero-order chi connectivity index (χ0) is 23.9. The lowest BCUT2D eigenvalue weighted by molar-refractivity contribution is -0.119. The Kier molecular flexibility index (Phi) is 5.60. The zero-order valence-electron chi connectivity index (χ0n) is 18.6. The topological polar surface area (TPSA) is 111 Å². The molecule has 0 unspecified atom stereocenters. The Bertz CT molecular complexity index is 1360. The largest absolute Gasteiger partial charge is 0.452 e. The van der Waals surface area contributed by atoms with Crippen molar-refractivity contribution in [3.8, 4) is 5.69 Å². The summed E-state index contributed by atoms with van der Waals surface area (Å²) in [7, 11) is -3.37. The van der Waals surface area contributed by atoms with Gasteiger partial charge in [0.05, 0.1) is 28.9 Å². The zero-order valence-corrected chi connectivity index (χ0v) is 19.4. The predicted octanol–water partition coefficient (Wildman–Crippen LogP) is 2.87. The minimum Gasteiger partial charge on any atom is -0.452 e. The number of carbonyl (C=O) groups is 2. The molecule has 1 N–H and O–H groups in total. The third-order valence-electron chi connectivity index (χ3n) is 5.89. The van der Waals surface area contributed by atoms with Crippen molar-refractivity contribution in [3.05, 3.63) is 71.4 Å². The molecule has 0 bridgehead atoms. The quantitative estimate of drug-likeness (QED) is 0.521. The highest BCUT2D eigenvalue weighted by atomic mass is 32.2. The molecule has 1 aliphatic carbocycles. The second-order valence-electron chi connectivity index (χ2n) is 8.53. The van der Waals surface area contributed by atoms with Crippen molar-refractivity contribution >= 4 is 33.4 Å². The van der Waals surface area contributed by atoms with E-state index < -0.39 is 28.5 Å². The first-order chi connectivity index (χ1) is 16.3. The van der Waals surface area contributed by atoms with Crippen LogP contribution in [0.4, 0.5) is 11.5 Å². The van der Waals surface area contributed by atoms with Crippen molar-refractivity contribution < 1.29 is 22.7 Å². The summed E-state index contributed by atoms with van der Waals surface area (Å²) in [6, 6.07) is 16.1. The maximum absolute atomic E-state index is 12.6. The van der Waals surface area contributed by atoms with E-state index >= 15 is 0 Å². The van der Waals surface area contributed by atoms with Gasteiger partial charge < -0.3 is 10.1 Å². The molecule has 1 saturated carbocycles. The second kappa shape index (κ2) is 8.60. The smallest absolute Gasteiger partial charge is 0.338 e. The molecule has 1 aromatic heterocycles. The summed E-state index contributed by atoms with van der Waals surface area (Å²) in [5.74, 6) is -0.187. The molecular formula is C24H24N4O5S. The number of ether oxygens (including phenoxy) is 1. The van der Waals surface area contributed by atoms with Gasteiger partial charge in [-0.2, -0.15) is 5.10 Å². The van der Waals surface area contributed by atoms with Gasteiger partial charge in [0, 0.05) is 18.5 Å². The van der Waals surface area contributed by atoms with Crippen LogP contribution in [0.1, 0.15) is 40.4 Å². The number of esters is 1. The van der Waals surface area contributed by atoms with E-state index in [0.717, 1.165) is 36.0 Å². The number of rotatable bonds is 7. The first kappa shape index (κ1) is 22.1. The molecule has 1 aliphatic heterocycles. The summed E-state index contributed by atoms with van der Waals surface area (Å²) in [5.41, 5.74) is 3.34. The number of anilines is 2. The fraction of sp³-hybridized carbons (Fsp3) is 0.292. The first-order valence-electron chi connectivity index (χ1n) is 11.0. The van der Waals surface area contributed by atoms with Crippen LogP contribution >= 0.6 is 0 Å². The summed E-state index contributed by atoms with van der Waals surface area (Å²) < 4.78 is 32.0. The molecule has 176 valence electrons. The number of nitrogens with one attached hydrogen (secondary N) is 1. The maximum Gasteiger partial charge on any atom is 0.338 e. The van der Waals surface area contributed by atoms with Crippen LogP contribution in [-0.4, -0.2) is 49.5 Å².